The number of alkyl halides is 4. The molecule has 0 aromatic heterocycles. The minimum Gasteiger partial charge on any atom is -0.480 e. The molecule has 2 aliphatic rings. The van der Waals surface area contributed by atoms with E-state index in [1.165, 1.54) is 0 Å². The van der Waals surface area contributed by atoms with Crippen molar-refractivity contribution in [3.05, 3.63) is 59.7 Å². The molecule has 1 aliphatic heterocycles. The van der Waals surface area contributed by atoms with Gasteiger partial charge in [0.05, 0.1) is 13.1 Å². The largest absolute Gasteiger partial charge is 0.480 e. The molecule has 34 heavy (non-hydrogen) atoms. The highest BCUT2D eigenvalue weighted by atomic mass is 19.3. The molecule has 2 amide bonds. The average Bonchev–Trinajstić information content (AvgIpc) is 3.30. The van der Waals surface area contributed by atoms with Crippen LogP contribution in [0, 0.1) is 0 Å². The summed E-state index contributed by atoms with van der Waals surface area (Å²) in [7, 11) is 0. The average molecular weight is 480 g/mol. The highest BCUT2D eigenvalue weighted by Gasteiger charge is 2.55. The summed E-state index contributed by atoms with van der Waals surface area (Å²) in [6, 6.07) is 12.9. The molecular weight excluding hydrogens is 460 g/mol. The van der Waals surface area contributed by atoms with Crippen LogP contribution in [-0.2, 0) is 14.3 Å². The van der Waals surface area contributed by atoms with Crippen molar-refractivity contribution in [2.45, 2.75) is 30.2 Å². The third-order valence-corrected chi connectivity index (χ3v) is 5.93. The Hall–Kier alpha value is -3.63. The molecule has 2 N–H and O–H groups in total. The van der Waals surface area contributed by atoms with Gasteiger partial charge in [0.25, 0.3) is 11.8 Å². The number of carbonyl (C=O) groups is 3. The zero-order valence-electron chi connectivity index (χ0n) is 17.6. The molecule has 1 heterocycles. The van der Waals surface area contributed by atoms with Gasteiger partial charge >= 0.3 is 18.0 Å². The lowest BCUT2D eigenvalue weighted by Gasteiger charge is -2.26. The van der Waals surface area contributed by atoms with Crippen LogP contribution in [0.5, 0.6) is 0 Å². The van der Waals surface area contributed by atoms with Gasteiger partial charge in [-0.3, -0.25) is 4.79 Å². The van der Waals surface area contributed by atoms with Crippen LogP contribution in [0.4, 0.5) is 22.4 Å². The summed E-state index contributed by atoms with van der Waals surface area (Å²) < 4.78 is 60.9. The lowest BCUT2D eigenvalue weighted by Crippen LogP contribution is -2.53. The van der Waals surface area contributed by atoms with E-state index in [4.69, 9.17) is 9.84 Å². The van der Waals surface area contributed by atoms with E-state index in [9.17, 15) is 31.9 Å². The molecule has 0 radical (unpaired) electrons. The summed E-state index contributed by atoms with van der Waals surface area (Å²) in [5, 5.41) is 10.8. The fourth-order valence-corrected chi connectivity index (χ4v) is 4.37. The zero-order valence-corrected chi connectivity index (χ0v) is 17.6. The Morgan fingerprint density at radius 3 is 2.18 bits per heavy atom. The number of benzene rings is 2. The molecular formula is C23H20F4N2O5. The van der Waals surface area contributed by atoms with Gasteiger partial charge in [-0.15, -0.1) is 0 Å². The summed E-state index contributed by atoms with van der Waals surface area (Å²) in [6.45, 7) is -3.13. The van der Waals surface area contributed by atoms with Crippen LogP contribution in [0.25, 0.3) is 11.1 Å². The second-order valence-electron chi connectivity index (χ2n) is 8.23. The topological polar surface area (TPSA) is 95.9 Å². The molecule has 0 unspecified atom stereocenters. The number of nitrogens with one attached hydrogen (secondary N) is 1. The Balaban J connectivity index is 1.37. The Morgan fingerprint density at radius 1 is 1.06 bits per heavy atom. The van der Waals surface area contributed by atoms with Crippen LogP contribution >= 0.6 is 0 Å². The van der Waals surface area contributed by atoms with E-state index in [0.29, 0.717) is 0 Å². The Morgan fingerprint density at radius 2 is 1.62 bits per heavy atom. The predicted molar refractivity (Wildman–Crippen MR) is 111 cm³/mol. The third-order valence-electron chi connectivity index (χ3n) is 5.93. The fourth-order valence-electron chi connectivity index (χ4n) is 4.37. The molecule has 1 fully saturated rings. The van der Waals surface area contributed by atoms with E-state index in [1.807, 2.05) is 48.5 Å². The Labute approximate surface area is 191 Å². The summed E-state index contributed by atoms with van der Waals surface area (Å²) in [5.41, 5.74) is 3.76. The summed E-state index contributed by atoms with van der Waals surface area (Å²) in [4.78, 5) is 35.2. The number of nitrogens with zero attached hydrogens (tertiary/aromatic N) is 1. The molecule has 1 aliphatic carbocycles. The first-order valence-corrected chi connectivity index (χ1v) is 10.4. The molecule has 0 bridgehead atoms. The summed E-state index contributed by atoms with van der Waals surface area (Å²) in [6.07, 6.45) is -2.49. The molecule has 1 atom stereocenters. The lowest BCUT2D eigenvalue weighted by molar-refractivity contribution is -0.163. The molecule has 7 nitrogen and oxygen atoms in total. The van der Waals surface area contributed by atoms with Crippen molar-refractivity contribution < 1.29 is 41.8 Å². The zero-order chi connectivity index (χ0) is 24.7. The van der Waals surface area contributed by atoms with Gasteiger partial charge in [0.1, 0.15) is 12.6 Å². The number of fused-ring (bicyclic) bond motifs is 3. The molecule has 180 valence electrons. The van der Waals surface area contributed by atoms with Gasteiger partial charge in [-0.05, 0) is 22.3 Å². The first-order chi connectivity index (χ1) is 16.0. The first-order valence-electron chi connectivity index (χ1n) is 10.4. The molecule has 4 rings (SSSR count). The van der Waals surface area contributed by atoms with E-state index in [1.54, 1.807) is 5.32 Å². The van der Waals surface area contributed by atoms with Crippen LogP contribution in [0.2, 0.25) is 0 Å². The van der Waals surface area contributed by atoms with Crippen molar-refractivity contribution in [2.75, 3.05) is 19.7 Å². The maximum atomic E-state index is 14.4. The third kappa shape index (κ3) is 4.42. The van der Waals surface area contributed by atoms with E-state index >= 15 is 0 Å². The van der Waals surface area contributed by atoms with Gasteiger partial charge in [0.2, 0.25) is 0 Å². The summed E-state index contributed by atoms with van der Waals surface area (Å²) >= 11 is 0. The Bertz CT molecular complexity index is 1090. The number of halogens is 4. The number of ether oxygens (including phenoxy) is 1. The standard InChI is InChI=1S/C23H20F4N2O5/c24-22(25)9-18(19(30)31)29(12-22)20(32)23(26,27)11-28-21(33)34-10-17-15-7-3-1-5-13(15)14-6-2-4-8-16(14)17/h1-8,17-18H,9-12H2,(H,28,33)(H,30,31)/t18-/m0/s1. The number of carboxylic acids is 1. The van der Waals surface area contributed by atoms with Crippen LogP contribution in [0.1, 0.15) is 23.5 Å². The molecule has 0 saturated carbocycles. The van der Waals surface area contributed by atoms with Gasteiger partial charge in [-0.1, -0.05) is 48.5 Å². The van der Waals surface area contributed by atoms with Crippen LogP contribution < -0.4 is 5.32 Å². The molecule has 2 aromatic rings. The normalized spacial score (nSPS) is 18.8. The first kappa shape index (κ1) is 23.5. The van der Waals surface area contributed by atoms with Crippen molar-refractivity contribution in [1.29, 1.82) is 0 Å². The van der Waals surface area contributed by atoms with Crippen molar-refractivity contribution in [1.82, 2.24) is 10.2 Å². The lowest BCUT2D eigenvalue weighted by atomic mass is 9.98. The van der Waals surface area contributed by atoms with Crippen molar-refractivity contribution >= 4 is 18.0 Å². The monoisotopic (exact) mass is 480 g/mol. The molecule has 0 spiro atoms. The number of alkyl carbamates (subject to hydrolysis) is 1. The second kappa shape index (κ2) is 8.62. The fraction of sp³-hybridized carbons (Fsp3) is 0.348. The molecule has 1 saturated heterocycles. The van der Waals surface area contributed by atoms with E-state index in [0.717, 1.165) is 22.3 Å². The predicted octanol–water partition coefficient (Wildman–Crippen LogP) is 3.48. The number of amides is 2. The van der Waals surface area contributed by atoms with Gasteiger partial charge in [0, 0.05) is 12.3 Å². The number of aliphatic carboxylic acids is 1. The number of carbonyl (C=O) groups excluding carboxylic acids is 2. The number of hydrogen-bond donors (Lipinski definition) is 2. The quantitative estimate of drug-likeness (QED) is 0.618. The van der Waals surface area contributed by atoms with Crippen molar-refractivity contribution in [3.63, 3.8) is 0 Å². The van der Waals surface area contributed by atoms with Crippen LogP contribution in [-0.4, -0.2) is 65.6 Å². The van der Waals surface area contributed by atoms with Gasteiger partial charge in [0.15, 0.2) is 0 Å². The minimum atomic E-state index is -4.31. The second-order valence-corrected chi connectivity index (χ2v) is 8.23. The maximum Gasteiger partial charge on any atom is 0.407 e. The highest BCUT2D eigenvalue weighted by Crippen LogP contribution is 2.44. The maximum absolute atomic E-state index is 14.4. The van der Waals surface area contributed by atoms with Crippen molar-refractivity contribution in [2.24, 2.45) is 0 Å². The number of carboxylic acid groups (broad SMARTS) is 1. The Kier molecular flexibility index (Phi) is 5.96. The van der Waals surface area contributed by atoms with Gasteiger partial charge in [-0.2, -0.15) is 8.78 Å². The SMILES string of the molecule is O=C(NCC(F)(F)C(=O)N1CC(F)(F)C[C@H]1C(=O)O)OCC1c2ccccc2-c2ccccc21. The van der Waals surface area contributed by atoms with Crippen LogP contribution in [0.15, 0.2) is 48.5 Å². The van der Waals surface area contributed by atoms with Crippen LogP contribution in [0.3, 0.4) is 0 Å². The van der Waals surface area contributed by atoms with Gasteiger partial charge in [-0.25, -0.2) is 18.4 Å². The van der Waals surface area contributed by atoms with E-state index in [2.05, 4.69) is 0 Å². The van der Waals surface area contributed by atoms with E-state index < -0.39 is 55.4 Å². The number of hydrogen-bond acceptors (Lipinski definition) is 4. The van der Waals surface area contributed by atoms with Gasteiger partial charge < -0.3 is 20.1 Å². The molecule has 2 aromatic carbocycles. The summed E-state index contributed by atoms with van der Waals surface area (Å²) in [5.74, 6) is -12.1. The number of likely N-dealkylation sites (tertiary alicyclic amines) is 1. The van der Waals surface area contributed by atoms with E-state index in [-0.39, 0.29) is 17.4 Å². The minimum absolute atomic E-state index is 0.0677. The molecule has 11 heteroatoms. The highest BCUT2D eigenvalue weighted by molar-refractivity contribution is 5.89. The van der Waals surface area contributed by atoms with Crippen molar-refractivity contribution in [3.8, 4) is 11.1 Å². The number of rotatable bonds is 6. The smallest absolute Gasteiger partial charge is 0.407 e.